The molecule has 0 saturated heterocycles. The third kappa shape index (κ3) is 4.33. The average Bonchev–Trinajstić information content (AvgIpc) is 2.26. The summed E-state index contributed by atoms with van der Waals surface area (Å²) < 4.78 is 0. The van der Waals surface area contributed by atoms with Gasteiger partial charge in [-0.25, -0.2) is 9.97 Å². The maximum Gasteiger partial charge on any atom is 0.222 e. The molecule has 96 valence electrons. The van der Waals surface area contributed by atoms with Crippen LogP contribution in [0.3, 0.4) is 0 Å². The van der Waals surface area contributed by atoms with Gasteiger partial charge in [-0.3, -0.25) is 0 Å². The van der Waals surface area contributed by atoms with E-state index >= 15 is 0 Å². The van der Waals surface area contributed by atoms with Crippen LogP contribution in [0.5, 0.6) is 0 Å². The zero-order chi connectivity index (χ0) is 13.1. The second-order valence-electron chi connectivity index (χ2n) is 6.42. The first-order valence-corrected chi connectivity index (χ1v) is 6.31. The van der Waals surface area contributed by atoms with Crippen LogP contribution in [0.1, 0.15) is 53.5 Å². The Balaban J connectivity index is 2.64. The lowest BCUT2D eigenvalue weighted by atomic mass is 9.89. The van der Waals surface area contributed by atoms with Gasteiger partial charge in [0.25, 0.3) is 0 Å². The molecule has 0 aliphatic carbocycles. The maximum absolute atomic E-state index is 4.36. The van der Waals surface area contributed by atoms with E-state index < -0.39 is 0 Å². The molecule has 1 rings (SSSR count). The molecule has 0 unspecified atom stereocenters. The number of hydrogen-bond donors (Lipinski definition) is 1. The number of anilines is 1. The molecule has 1 heterocycles. The molecule has 0 aromatic carbocycles. The molecule has 0 saturated carbocycles. The van der Waals surface area contributed by atoms with Crippen molar-refractivity contribution in [1.29, 1.82) is 0 Å². The molecule has 1 aromatic rings. The van der Waals surface area contributed by atoms with Crippen molar-refractivity contribution in [2.45, 2.75) is 53.4 Å². The molecule has 3 nitrogen and oxygen atoms in total. The third-order valence-electron chi connectivity index (χ3n) is 3.20. The minimum absolute atomic E-state index is 0.112. The highest BCUT2D eigenvalue weighted by molar-refractivity contribution is 5.27. The Hall–Kier alpha value is -1.12. The van der Waals surface area contributed by atoms with E-state index in [1.807, 2.05) is 12.4 Å². The van der Waals surface area contributed by atoms with E-state index in [0.29, 0.717) is 0 Å². The lowest BCUT2D eigenvalue weighted by Crippen LogP contribution is -2.23. The van der Waals surface area contributed by atoms with Crippen molar-refractivity contribution < 1.29 is 0 Å². The van der Waals surface area contributed by atoms with E-state index in [4.69, 9.17) is 0 Å². The van der Waals surface area contributed by atoms with Crippen LogP contribution in [0, 0.1) is 5.41 Å². The molecule has 0 spiro atoms. The second-order valence-corrected chi connectivity index (χ2v) is 6.42. The van der Waals surface area contributed by atoms with Crippen molar-refractivity contribution in [2.75, 3.05) is 11.9 Å². The van der Waals surface area contributed by atoms with Crippen molar-refractivity contribution in [2.24, 2.45) is 5.41 Å². The molecular weight excluding hydrogens is 210 g/mol. The smallest absolute Gasteiger partial charge is 0.222 e. The third-order valence-corrected chi connectivity index (χ3v) is 3.20. The van der Waals surface area contributed by atoms with Gasteiger partial charge in [0.2, 0.25) is 5.95 Å². The fraction of sp³-hybridized carbons (Fsp3) is 0.714. The standard InChI is InChI=1S/C14H25N3/c1-7-14(5,6)10-17-12-15-8-11(9-16-12)13(2,3)4/h8-9H,7,10H2,1-6H3,(H,15,16,17). The van der Waals surface area contributed by atoms with Crippen LogP contribution in [-0.2, 0) is 5.41 Å². The Bertz CT molecular complexity index is 347. The quantitative estimate of drug-likeness (QED) is 0.866. The van der Waals surface area contributed by atoms with E-state index in [1.54, 1.807) is 0 Å². The van der Waals surface area contributed by atoms with Crippen molar-refractivity contribution in [3.8, 4) is 0 Å². The summed E-state index contributed by atoms with van der Waals surface area (Å²) in [7, 11) is 0. The normalized spacial score (nSPS) is 12.6. The van der Waals surface area contributed by atoms with Gasteiger partial charge in [0, 0.05) is 18.9 Å². The predicted molar refractivity (Wildman–Crippen MR) is 73.3 cm³/mol. The van der Waals surface area contributed by atoms with Gasteiger partial charge in [-0.05, 0) is 22.8 Å². The Morgan fingerprint density at radius 2 is 1.59 bits per heavy atom. The highest BCUT2D eigenvalue weighted by Gasteiger charge is 2.16. The highest BCUT2D eigenvalue weighted by atomic mass is 15.1. The molecule has 0 amide bonds. The molecule has 3 heteroatoms. The van der Waals surface area contributed by atoms with Crippen LogP contribution >= 0.6 is 0 Å². The van der Waals surface area contributed by atoms with E-state index in [0.717, 1.165) is 24.5 Å². The Kier molecular flexibility index (Phi) is 4.12. The van der Waals surface area contributed by atoms with Crippen molar-refractivity contribution in [1.82, 2.24) is 9.97 Å². The summed E-state index contributed by atoms with van der Waals surface area (Å²) in [5.41, 5.74) is 1.56. The molecular formula is C14H25N3. The maximum atomic E-state index is 4.36. The number of aromatic nitrogens is 2. The summed E-state index contributed by atoms with van der Waals surface area (Å²) in [5, 5.41) is 3.29. The second kappa shape index (κ2) is 5.03. The fourth-order valence-electron chi connectivity index (χ4n) is 1.25. The van der Waals surface area contributed by atoms with Crippen LogP contribution in [0.2, 0.25) is 0 Å². The number of hydrogen-bond acceptors (Lipinski definition) is 3. The van der Waals surface area contributed by atoms with Crippen molar-refractivity contribution in [3.63, 3.8) is 0 Å². The van der Waals surface area contributed by atoms with Gasteiger partial charge in [-0.15, -0.1) is 0 Å². The number of rotatable bonds is 4. The van der Waals surface area contributed by atoms with Crippen LogP contribution in [-0.4, -0.2) is 16.5 Å². The molecule has 1 aromatic heterocycles. The molecule has 0 atom stereocenters. The topological polar surface area (TPSA) is 37.8 Å². The van der Waals surface area contributed by atoms with E-state index in [1.165, 1.54) is 0 Å². The van der Waals surface area contributed by atoms with Crippen LogP contribution in [0.25, 0.3) is 0 Å². The summed E-state index contributed by atoms with van der Waals surface area (Å²) >= 11 is 0. The van der Waals surface area contributed by atoms with Gasteiger partial charge in [-0.1, -0.05) is 41.5 Å². The summed E-state index contributed by atoms with van der Waals surface area (Å²) in [4.78, 5) is 8.72. The van der Waals surface area contributed by atoms with Gasteiger partial charge in [0.05, 0.1) is 0 Å². The molecule has 0 aliphatic heterocycles. The summed E-state index contributed by atoms with van der Waals surface area (Å²) in [6.07, 6.45) is 4.96. The minimum atomic E-state index is 0.112. The summed E-state index contributed by atoms with van der Waals surface area (Å²) in [5.74, 6) is 0.722. The molecule has 0 fully saturated rings. The first-order chi connectivity index (χ1) is 7.74. The van der Waals surface area contributed by atoms with Crippen LogP contribution in [0.4, 0.5) is 5.95 Å². The van der Waals surface area contributed by atoms with Gasteiger partial charge in [-0.2, -0.15) is 0 Å². The Morgan fingerprint density at radius 1 is 1.06 bits per heavy atom. The molecule has 1 N–H and O–H groups in total. The Labute approximate surface area is 105 Å². The Morgan fingerprint density at radius 3 is 2.00 bits per heavy atom. The summed E-state index contributed by atoms with van der Waals surface area (Å²) in [6, 6.07) is 0. The van der Waals surface area contributed by atoms with Crippen LogP contribution in [0.15, 0.2) is 12.4 Å². The molecule has 17 heavy (non-hydrogen) atoms. The minimum Gasteiger partial charge on any atom is -0.354 e. The largest absolute Gasteiger partial charge is 0.354 e. The van der Waals surface area contributed by atoms with Gasteiger partial charge in [0.1, 0.15) is 0 Å². The monoisotopic (exact) mass is 235 g/mol. The molecule has 0 aliphatic rings. The van der Waals surface area contributed by atoms with E-state index in [2.05, 4.69) is 56.8 Å². The van der Waals surface area contributed by atoms with Gasteiger partial charge in [0.15, 0.2) is 0 Å². The zero-order valence-corrected chi connectivity index (χ0v) is 12.0. The zero-order valence-electron chi connectivity index (χ0n) is 12.0. The predicted octanol–water partition coefficient (Wildman–Crippen LogP) is 3.62. The molecule has 0 radical (unpaired) electrons. The first-order valence-electron chi connectivity index (χ1n) is 6.31. The van der Waals surface area contributed by atoms with Gasteiger partial charge >= 0.3 is 0 Å². The van der Waals surface area contributed by atoms with Crippen molar-refractivity contribution >= 4 is 5.95 Å². The average molecular weight is 235 g/mol. The first kappa shape index (κ1) is 13.9. The highest BCUT2D eigenvalue weighted by Crippen LogP contribution is 2.22. The lowest BCUT2D eigenvalue weighted by Gasteiger charge is -2.23. The molecule has 0 bridgehead atoms. The van der Waals surface area contributed by atoms with Crippen LogP contribution < -0.4 is 5.32 Å². The SMILES string of the molecule is CCC(C)(C)CNc1ncc(C(C)(C)C)cn1. The number of nitrogens with one attached hydrogen (secondary N) is 1. The van der Waals surface area contributed by atoms with E-state index in [9.17, 15) is 0 Å². The van der Waals surface area contributed by atoms with Gasteiger partial charge < -0.3 is 5.32 Å². The van der Waals surface area contributed by atoms with Crippen molar-refractivity contribution in [3.05, 3.63) is 18.0 Å². The summed E-state index contributed by atoms with van der Waals surface area (Å²) in [6.45, 7) is 14.1. The fourth-order valence-corrected chi connectivity index (χ4v) is 1.25. The number of nitrogens with zero attached hydrogens (tertiary/aromatic N) is 2. The van der Waals surface area contributed by atoms with E-state index in [-0.39, 0.29) is 10.8 Å². The lowest BCUT2D eigenvalue weighted by molar-refractivity contribution is 0.376.